The molecule has 0 aliphatic carbocycles. The van der Waals surface area contributed by atoms with E-state index in [2.05, 4.69) is 5.16 Å². The molecule has 0 amide bonds. The van der Waals surface area contributed by atoms with Crippen molar-refractivity contribution in [2.45, 2.75) is 6.42 Å². The van der Waals surface area contributed by atoms with Gasteiger partial charge in [-0.2, -0.15) is 0 Å². The minimum absolute atomic E-state index is 0.423. The van der Waals surface area contributed by atoms with Gasteiger partial charge in [-0.25, -0.2) is 0 Å². The number of methoxy groups -OCH3 is 4. The molecule has 0 aliphatic rings. The van der Waals surface area contributed by atoms with Gasteiger partial charge in [-0.1, -0.05) is 11.2 Å². The standard InChI is InChI=1S/C18H21NO5/c1-21-15-7-5-12(10-17(15)23-3)9-14(19-20)13-6-8-16(22-2)18(11-13)24-4/h5-8,10-11,20H,9H2,1-4H3. The molecule has 0 heterocycles. The molecule has 1 N–H and O–H groups in total. The number of hydrogen-bond donors (Lipinski definition) is 1. The Labute approximate surface area is 141 Å². The van der Waals surface area contributed by atoms with E-state index in [1.54, 1.807) is 40.6 Å². The quantitative estimate of drug-likeness (QED) is 0.479. The van der Waals surface area contributed by atoms with Crippen LogP contribution in [0.4, 0.5) is 0 Å². The van der Waals surface area contributed by atoms with Crippen LogP contribution in [0.1, 0.15) is 11.1 Å². The largest absolute Gasteiger partial charge is 0.493 e. The molecule has 0 aromatic heterocycles. The molecular formula is C18H21NO5. The predicted octanol–water partition coefficient (Wildman–Crippen LogP) is 3.14. The van der Waals surface area contributed by atoms with E-state index in [0.29, 0.717) is 35.1 Å². The van der Waals surface area contributed by atoms with Crippen LogP contribution < -0.4 is 18.9 Å². The van der Waals surface area contributed by atoms with Gasteiger partial charge in [-0.15, -0.1) is 0 Å². The first kappa shape index (κ1) is 17.5. The molecule has 128 valence electrons. The van der Waals surface area contributed by atoms with Crippen molar-refractivity contribution in [2.75, 3.05) is 28.4 Å². The van der Waals surface area contributed by atoms with E-state index in [-0.39, 0.29) is 0 Å². The summed E-state index contributed by atoms with van der Waals surface area (Å²) in [6.45, 7) is 0. The van der Waals surface area contributed by atoms with E-state index in [4.69, 9.17) is 18.9 Å². The smallest absolute Gasteiger partial charge is 0.161 e. The molecule has 2 aromatic carbocycles. The number of hydrogen-bond acceptors (Lipinski definition) is 6. The maximum atomic E-state index is 9.42. The van der Waals surface area contributed by atoms with Gasteiger partial charge in [0.05, 0.1) is 34.2 Å². The fourth-order valence-electron chi connectivity index (χ4n) is 2.39. The fourth-order valence-corrected chi connectivity index (χ4v) is 2.39. The van der Waals surface area contributed by atoms with Crippen molar-refractivity contribution >= 4 is 5.71 Å². The Hall–Kier alpha value is -2.89. The second-order valence-corrected chi connectivity index (χ2v) is 4.98. The zero-order valence-electron chi connectivity index (χ0n) is 14.2. The summed E-state index contributed by atoms with van der Waals surface area (Å²) in [6, 6.07) is 10.9. The first-order valence-electron chi connectivity index (χ1n) is 7.31. The molecule has 0 fully saturated rings. The lowest BCUT2D eigenvalue weighted by Gasteiger charge is -2.12. The predicted molar refractivity (Wildman–Crippen MR) is 91.1 cm³/mol. The molecule has 2 aromatic rings. The Morgan fingerprint density at radius 3 is 1.88 bits per heavy atom. The summed E-state index contributed by atoms with van der Waals surface area (Å²) in [5, 5.41) is 12.8. The van der Waals surface area contributed by atoms with Crippen LogP contribution in [-0.2, 0) is 6.42 Å². The van der Waals surface area contributed by atoms with Crippen LogP contribution in [0.5, 0.6) is 23.0 Å². The normalized spacial score (nSPS) is 11.1. The van der Waals surface area contributed by atoms with Crippen molar-refractivity contribution < 1.29 is 24.2 Å². The first-order valence-corrected chi connectivity index (χ1v) is 7.31. The van der Waals surface area contributed by atoms with Crippen LogP contribution in [-0.4, -0.2) is 39.4 Å². The Bertz CT molecular complexity index is 727. The molecule has 6 nitrogen and oxygen atoms in total. The number of benzene rings is 2. The van der Waals surface area contributed by atoms with E-state index in [1.807, 2.05) is 24.3 Å². The summed E-state index contributed by atoms with van der Waals surface area (Å²) >= 11 is 0. The number of rotatable bonds is 7. The molecule has 0 saturated carbocycles. The summed E-state index contributed by atoms with van der Waals surface area (Å²) < 4.78 is 21.0. The van der Waals surface area contributed by atoms with Gasteiger partial charge >= 0.3 is 0 Å². The maximum absolute atomic E-state index is 9.42. The molecule has 0 atom stereocenters. The molecule has 6 heteroatoms. The molecule has 24 heavy (non-hydrogen) atoms. The minimum Gasteiger partial charge on any atom is -0.493 e. The van der Waals surface area contributed by atoms with Gasteiger partial charge in [0.25, 0.3) is 0 Å². The molecule has 2 rings (SSSR count). The van der Waals surface area contributed by atoms with Crippen LogP contribution in [0.2, 0.25) is 0 Å². The summed E-state index contributed by atoms with van der Waals surface area (Å²) in [6.07, 6.45) is 0.423. The maximum Gasteiger partial charge on any atom is 0.161 e. The van der Waals surface area contributed by atoms with E-state index >= 15 is 0 Å². The van der Waals surface area contributed by atoms with Crippen molar-refractivity contribution in [3.63, 3.8) is 0 Å². The highest BCUT2D eigenvalue weighted by Crippen LogP contribution is 2.30. The topological polar surface area (TPSA) is 69.5 Å². The second-order valence-electron chi connectivity index (χ2n) is 4.98. The molecule has 0 radical (unpaired) electrons. The Morgan fingerprint density at radius 2 is 1.33 bits per heavy atom. The highest BCUT2D eigenvalue weighted by atomic mass is 16.5. The van der Waals surface area contributed by atoms with Gasteiger partial charge in [0.15, 0.2) is 23.0 Å². The third-order valence-electron chi connectivity index (χ3n) is 3.66. The Morgan fingerprint density at radius 1 is 0.792 bits per heavy atom. The zero-order valence-corrected chi connectivity index (χ0v) is 14.2. The van der Waals surface area contributed by atoms with Crippen molar-refractivity contribution in [1.29, 1.82) is 0 Å². The Balaban J connectivity index is 2.30. The third-order valence-corrected chi connectivity index (χ3v) is 3.66. The monoisotopic (exact) mass is 331 g/mol. The highest BCUT2D eigenvalue weighted by molar-refractivity contribution is 6.02. The Kier molecular flexibility index (Phi) is 5.89. The van der Waals surface area contributed by atoms with Crippen LogP contribution in [0.3, 0.4) is 0 Å². The van der Waals surface area contributed by atoms with Gasteiger partial charge in [-0.05, 0) is 35.9 Å². The van der Waals surface area contributed by atoms with Gasteiger partial charge in [0.1, 0.15) is 0 Å². The summed E-state index contributed by atoms with van der Waals surface area (Å²) in [7, 11) is 6.30. The lowest BCUT2D eigenvalue weighted by atomic mass is 10.0. The van der Waals surface area contributed by atoms with Crippen molar-refractivity contribution in [1.82, 2.24) is 0 Å². The van der Waals surface area contributed by atoms with E-state index < -0.39 is 0 Å². The molecule has 0 saturated heterocycles. The van der Waals surface area contributed by atoms with Gasteiger partial charge in [-0.3, -0.25) is 0 Å². The summed E-state index contributed by atoms with van der Waals surface area (Å²) in [4.78, 5) is 0. The molecular weight excluding hydrogens is 310 g/mol. The van der Waals surface area contributed by atoms with E-state index in [1.165, 1.54) is 0 Å². The van der Waals surface area contributed by atoms with Crippen LogP contribution in [0.15, 0.2) is 41.6 Å². The molecule has 0 bridgehead atoms. The van der Waals surface area contributed by atoms with Crippen LogP contribution >= 0.6 is 0 Å². The average molecular weight is 331 g/mol. The van der Waals surface area contributed by atoms with Crippen molar-refractivity contribution in [3.05, 3.63) is 47.5 Å². The third kappa shape index (κ3) is 3.71. The molecule has 0 aliphatic heterocycles. The van der Waals surface area contributed by atoms with Gasteiger partial charge in [0, 0.05) is 12.0 Å². The highest BCUT2D eigenvalue weighted by Gasteiger charge is 2.12. The summed E-state index contributed by atoms with van der Waals surface area (Å²) in [5.41, 5.74) is 2.17. The number of oxime groups is 1. The van der Waals surface area contributed by atoms with E-state index in [9.17, 15) is 5.21 Å². The SMILES string of the molecule is COc1ccc(CC(=NO)c2ccc(OC)c(OC)c2)cc1OC. The zero-order chi connectivity index (χ0) is 17.5. The fraction of sp³-hybridized carbons (Fsp3) is 0.278. The number of ether oxygens (including phenoxy) is 4. The van der Waals surface area contributed by atoms with E-state index in [0.717, 1.165) is 11.1 Å². The molecule has 0 spiro atoms. The summed E-state index contributed by atoms with van der Waals surface area (Å²) in [5.74, 6) is 2.46. The van der Waals surface area contributed by atoms with Crippen molar-refractivity contribution in [2.24, 2.45) is 5.16 Å². The average Bonchev–Trinajstić information content (AvgIpc) is 2.65. The minimum atomic E-state index is 0.423. The van der Waals surface area contributed by atoms with Crippen molar-refractivity contribution in [3.8, 4) is 23.0 Å². The number of nitrogens with zero attached hydrogens (tertiary/aromatic N) is 1. The molecule has 0 unspecified atom stereocenters. The lowest BCUT2D eigenvalue weighted by Crippen LogP contribution is -2.06. The second kappa shape index (κ2) is 8.10. The van der Waals surface area contributed by atoms with Gasteiger partial charge in [0.2, 0.25) is 0 Å². The lowest BCUT2D eigenvalue weighted by molar-refractivity contribution is 0.318. The van der Waals surface area contributed by atoms with Crippen LogP contribution in [0, 0.1) is 0 Å². The first-order chi connectivity index (χ1) is 11.7. The van der Waals surface area contributed by atoms with Gasteiger partial charge < -0.3 is 24.2 Å². The van der Waals surface area contributed by atoms with Crippen LogP contribution in [0.25, 0.3) is 0 Å².